The number of esters is 2. The van der Waals surface area contributed by atoms with Crippen LogP contribution in [0.1, 0.15) is 94.0 Å². The summed E-state index contributed by atoms with van der Waals surface area (Å²) in [5.41, 5.74) is 3.93. The first-order valence-corrected chi connectivity index (χ1v) is 22.4. The Balaban J connectivity index is 0.000000198. The first kappa shape index (κ1) is 45.7. The van der Waals surface area contributed by atoms with Gasteiger partial charge in [-0.15, -0.1) is 0 Å². The van der Waals surface area contributed by atoms with Crippen LogP contribution in [0, 0.1) is 0 Å². The smallest absolute Gasteiger partial charge is 0.326 e. The van der Waals surface area contributed by atoms with E-state index in [9.17, 15) is 19.2 Å². The van der Waals surface area contributed by atoms with Crippen LogP contribution in [0.25, 0.3) is 22.3 Å². The minimum atomic E-state index is -0.382. The van der Waals surface area contributed by atoms with E-state index in [4.69, 9.17) is 18.9 Å². The van der Waals surface area contributed by atoms with Gasteiger partial charge in [-0.25, -0.2) is 9.97 Å². The average Bonchev–Trinajstić information content (AvgIpc) is 3.92. The summed E-state index contributed by atoms with van der Waals surface area (Å²) in [5, 5.41) is 5.62. The van der Waals surface area contributed by atoms with Crippen LogP contribution in [0.3, 0.4) is 0 Å². The number of nitrogens with zero attached hydrogens (tertiary/aromatic N) is 10. The Morgan fingerprint density at radius 3 is 1.66 bits per heavy atom. The minimum Gasteiger partial charge on any atom is -0.465 e. The van der Waals surface area contributed by atoms with Crippen molar-refractivity contribution < 1.29 is 38.1 Å². The highest BCUT2D eigenvalue weighted by molar-refractivity contribution is 6.04. The Kier molecular flexibility index (Phi) is 16.0. The minimum absolute atomic E-state index is 0.00682. The first-order chi connectivity index (χ1) is 31.2. The van der Waals surface area contributed by atoms with E-state index in [0.29, 0.717) is 118 Å². The lowest BCUT2D eigenvalue weighted by molar-refractivity contribution is -0.144. The number of nitrogens with one attached hydrogen (secondary N) is 2. The summed E-state index contributed by atoms with van der Waals surface area (Å²) >= 11 is 0. The van der Waals surface area contributed by atoms with Gasteiger partial charge in [-0.3, -0.25) is 29.8 Å². The molecule has 4 aromatic heterocycles. The summed E-state index contributed by atoms with van der Waals surface area (Å²) in [7, 11) is 0. The van der Waals surface area contributed by atoms with Crippen molar-refractivity contribution in [2.45, 2.75) is 91.1 Å². The third kappa shape index (κ3) is 11.6. The molecule has 0 bridgehead atoms. The number of aromatic nitrogens is 8. The summed E-state index contributed by atoms with van der Waals surface area (Å²) in [6.07, 6.45) is 11.5. The highest BCUT2D eigenvalue weighted by Gasteiger charge is 2.25. The summed E-state index contributed by atoms with van der Waals surface area (Å²) in [6, 6.07) is 7.85. The van der Waals surface area contributed by atoms with E-state index in [1.54, 1.807) is 35.6 Å². The number of hydrogen-bond donors (Lipinski definition) is 2. The van der Waals surface area contributed by atoms with Crippen LogP contribution in [0.2, 0.25) is 0 Å². The molecule has 0 spiro atoms. The van der Waals surface area contributed by atoms with Crippen LogP contribution >= 0.6 is 0 Å². The molecule has 1 aromatic carbocycles. The van der Waals surface area contributed by atoms with Gasteiger partial charge in [0.15, 0.2) is 34.0 Å². The second kappa shape index (κ2) is 22.4. The maximum Gasteiger partial charge on any atom is 0.326 e. The molecule has 64 heavy (non-hydrogen) atoms. The highest BCUT2D eigenvalue weighted by atomic mass is 16.5. The third-order valence-electron chi connectivity index (χ3n) is 11.2. The van der Waals surface area contributed by atoms with Crippen LogP contribution in [-0.2, 0) is 46.4 Å². The molecule has 3 aliphatic rings. The zero-order valence-electron chi connectivity index (χ0n) is 36.9. The van der Waals surface area contributed by atoms with Gasteiger partial charge >= 0.3 is 11.9 Å². The van der Waals surface area contributed by atoms with Gasteiger partial charge in [-0.2, -0.15) is 19.9 Å². The second-order valence-corrected chi connectivity index (χ2v) is 15.7. The number of anilines is 4. The van der Waals surface area contributed by atoms with Crippen molar-refractivity contribution in [2.24, 2.45) is 0 Å². The molecule has 6 heterocycles. The second-order valence-electron chi connectivity index (χ2n) is 15.7. The quantitative estimate of drug-likeness (QED) is 0.134. The Morgan fingerprint density at radius 2 is 1.17 bits per heavy atom. The van der Waals surface area contributed by atoms with Crippen molar-refractivity contribution in [1.29, 1.82) is 0 Å². The van der Waals surface area contributed by atoms with Crippen LogP contribution in [0.4, 0.5) is 23.5 Å². The molecule has 20 heteroatoms. The molecule has 1 aliphatic carbocycles. The molecule has 0 unspecified atom stereocenters. The van der Waals surface area contributed by atoms with Crippen LogP contribution in [-0.4, -0.2) is 129 Å². The van der Waals surface area contributed by atoms with Crippen molar-refractivity contribution in [2.75, 3.05) is 86.3 Å². The van der Waals surface area contributed by atoms with Crippen LogP contribution < -0.4 is 20.4 Å². The molecule has 0 radical (unpaired) electrons. The Hall–Kier alpha value is -6.28. The van der Waals surface area contributed by atoms with Gasteiger partial charge in [-0.05, 0) is 56.7 Å². The van der Waals surface area contributed by atoms with Crippen molar-refractivity contribution >= 4 is 69.6 Å². The maximum atomic E-state index is 13.1. The Labute approximate surface area is 371 Å². The van der Waals surface area contributed by atoms with Gasteiger partial charge in [-0.1, -0.05) is 44.7 Å². The number of morpholine rings is 2. The maximum absolute atomic E-state index is 13.1. The molecule has 20 nitrogen and oxygen atoms in total. The lowest BCUT2D eigenvalue weighted by Gasteiger charge is -2.28. The van der Waals surface area contributed by atoms with Crippen LogP contribution in [0.15, 0.2) is 36.9 Å². The Bertz CT molecular complexity index is 2370. The van der Waals surface area contributed by atoms with E-state index < -0.39 is 0 Å². The van der Waals surface area contributed by atoms with E-state index in [0.717, 1.165) is 12.8 Å². The van der Waals surface area contributed by atoms with Gasteiger partial charge in [0, 0.05) is 38.2 Å². The van der Waals surface area contributed by atoms with Crippen molar-refractivity contribution in [3.05, 3.63) is 48.0 Å². The molecule has 5 aromatic rings. The average molecular weight is 883 g/mol. The molecule has 342 valence electrons. The predicted octanol–water partition coefficient (Wildman–Crippen LogP) is 4.88. The number of hydrogen-bond acceptors (Lipinski definition) is 16. The molecule has 2 saturated heterocycles. The molecule has 2 N–H and O–H groups in total. The van der Waals surface area contributed by atoms with E-state index in [1.165, 1.54) is 37.7 Å². The van der Waals surface area contributed by atoms with E-state index in [-0.39, 0.29) is 48.7 Å². The number of amides is 2. The number of fused-ring (bicyclic) bond motifs is 2. The molecule has 2 aliphatic heterocycles. The first-order valence-electron chi connectivity index (χ1n) is 22.4. The SMILES string of the molecule is CCCCC(=O)Nc1nc(N2CCOCC2)c2ncn(CC(=O)OCC)c2n1.CCOC(=O)Cn1cnc2c(N3CCOCC3)nc(NC(=O)c3ccc(C4CCCCC4)cc3)nc21. The van der Waals surface area contributed by atoms with Crippen molar-refractivity contribution in [3.63, 3.8) is 0 Å². The molecular formula is C44H58N12O8. The van der Waals surface area contributed by atoms with Gasteiger partial charge in [0.25, 0.3) is 5.91 Å². The molecular weight excluding hydrogens is 825 g/mol. The third-order valence-corrected chi connectivity index (χ3v) is 11.2. The van der Waals surface area contributed by atoms with Crippen LogP contribution in [0.5, 0.6) is 0 Å². The lowest BCUT2D eigenvalue weighted by atomic mass is 9.84. The van der Waals surface area contributed by atoms with Crippen molar-refractivity contribution in [3.8, 4) is 0 Å². The zero-order valence-corrected chi connectivity index (χ0v) is 36.9. The fourth-order valence-electron chi connectivity index (χ4n) is 7.93. The fourth-order valence-corrected chi connectivity index (χ4v) is 7.93. The van der Waals surface area contributed by atoms with Gasteiger partial charge in [0.05, 0.1) is 52.3 Å². The van der Waals surface area contributed by atoms with Gasteiger partial charge in [0.1, 0.15) is 13.1 Å². The van der Waals surface area contributed by atoms with Gasteiger partial charge in [0.2, 0.25) is 17.8 Å². The largest absolute Gasteiger partial charge is 0.465 e. The lowest BCUT2D eigenvalue weighted by Crippen LogP contribution is -2.37. The zero-order chi connectivity index (χ0) is 44.8. The normalized spacial score (nSPS) is 15.7. The molecule has 0 atom stereocenters. The predicted molar refractivity (Wildman–Crippen MR) is 238 cm³/mol. The summed E-state index contributed by atoms with van der Waals surface area (Å²) in [4.78, 5) is 80.5. The van der Waals surface area contributed by atoms with Gasteiger partial charge < -0.3 is 37.9 Å². The highest BCUT2D eigenvalue weighted by Crippen LogP contribution is 2.33. The molecule has 8 rings (SSSR count). The molecule has 2 amide bonds. The standard InChI is InChI=1S/C26H32N6O4.C18H26N6O4/c1-2-36-21(33)16-32-17-27-22-23(31-12-14-35-15-13-31)28-26(29-24(22)32)30-25(34)20-10-8-19(9-11-20)18-6-4-3-5-7-18;1-3-5-6-13(25)20-18-21-16(23-7-9-27-10-8-23)15-17(22-18)24(12-19-15)11-14(26)28-4-2/h8-11,17-18H,2-7,12-16H2,1H3,(H,28,29,30,34);12H,3-11H2,1-2H3,(H,20,21,22,25). The fraction of sp³-hybridized carbons (Fsp3) is 0.545. The summed E-state index contributed by atoms with van der Waals surface area (Å²) in [6.45, 7) is 11.1. The number of benzene rings is 1. The number of unbranched alkanes of at least 4 members (excludes halogenated alkanes) is 1. The Morgan fingerprint density at radius 1 is 0.672 bits per heavy atom. The number of carbonyl (C=O) groups is 4. The van der Waals surface area contributed by atoms with Crippen molar-refractivity contribution in [1.82, 2.24) is 39.0 Å². The monoisotopic (exact) mass is 882 g/mol. The summed E-state index contributed by atoms with van der Waals surface area (Å²) in [5.74, 6) is 1.01. The topological polar surface area (TPSA) is 223 Å². The molecule has 1 saturated carbocycles. The summed E-state index contributed by atoms with van der Waals surface area (Å²) < 4.78 is 24.2. The van der Waals surface area contributed by atoms with E-state index >= 15 is 0 Å². The number of imidazole rings is 2. The molecule has 3 fully saturated rings. The van der Waals surface area contributed by atoms with E-state index in [1.807, 2.05) is 19.1 Å². The van der Waals surface area contributed by atoms with E-state index in [2.05, 4.69) is 62.5 Å². The number of rotatable bonds is 15. The number of carbonyl (C=O) groups excluding carboxylic acids is 4. The number of ether oxygens (including phenoxy) is 4.